The number of benzene rings is 2. The van der Waals surface area contributed by atoms with Gasteiger partial charge in [-0.15, -0.1) is 0 Å². The maximum Gasteiger partial charge on any atom is 0.332 e. The maximum absolute atomic E-state index is 13.2. The minimum absolute atomic E-state index is 0.233. The molecule has 0 unspecified atom stereocenters. The number of fused-ring (bicyclic) bond motifs is 2. The first-order chi connectivity index (χ1) is 15.8. The minimum atomic E-state index is -0.630. The Morgan fingerprint density at radius 2 is 1.88 bits per heavy atom. The quantitative estimate of drug-likeness (QED) is 0.435. The highest BCUT2D eigenvalue weighted by atomic mass is 19.1. The van der Waals surface area contributed by atoms with Crippen molar-refractivity contribution in [2.24, 2.45) is 14.1 Å². The summed E-state index contributed by atoms with van der Waals surface area (Å²) >= 11 is 0. The number of aromatic nitrogens is 6. The summed E-state index contributed by atoms with van der Waals surface area (Å²) in [6, 6.07) is 11.0. The lowest BCUT2D eigenvalue weighted by atomic mass is 10.2. The first kappa shape index (κ1) is 20.4. The van der Waals surface area contributed by atoms with E-state index in [1.54, 1.807) is 37.4 Å². The van der Waals surface area contributed by atoms with Crippen LogP contribution >= 0.6 is 0 Å². The number of carbonyl (C=O) groups is 1. The van der Waals surface area contributed by atoms with Gasteiger partial charge >= 0.3 is 5.69 Å². The van der Waals surface area contributed by atoms with Gasteiger partial charge in [0.2, 0.25) is 5.91 Å². The molecule has 3 heterocycles. The summed E-state index contributed by atoms with van der Waals surface area (Å²) in [4.78, 5) is 49.7. The van der Waals surface area contributed by atoms with Crippen molar-refractivity contribution in [2.75, 3.05) is 5.32 Å². The highest BCUT2D eigenvalue weighted by Crippen LogP contribution is 2.23. The van der Waals surface area contributed by atoms with Crippen LogP contribution in [0.5, 0.6) is 0 Å². The summed E-state index contributed by atoms with van der Waals surface area (Å²) in [5.74, 6) is -0.308. The van der Waals surface area contributed by atoms with E-state index in [0.29, 0.717) is 22.5 Å². The molecule has 0 aliphatic carbocycles. The standard InChI is InChI=1S/C22H18FN7O3/c1-28-11-24-20-18(28)21(32)30(22(33)29(20)2)10-17(31)25-14-7-8-15-16(9-14)27-19(26-15)12-3-5-13(23)6-4-12/h3-9,11H,10H2,1-2H3,(H,25,31)(H,26,27). The molecular formula is C22H18FN7O3. The van der Waals surface area contributed by atoms with E-state index in [4.69, 9.17) is 0 Å². The van der Waals surface area contributed by atoms with E-state index >= 15 is 0 Å². The van der Waals surface area contributed by atoms with E-state index in [9.17, 15) is 18.8 Å². The van der Waals surface area contributed by atoms with Crippen molar-refractivity contribution in [1.29, 1.82) is 0 Å². The number of halogens is 1. The van der Waals surface area contributed by atoms with Gasteiger partial charge < -0.3 is 14.9 Å². The van der Waals surface area contributed by atoms with Gasteiger partial charge in [0.1, 0.15) is 18.2 Å². The fourth-order valence-corrected chi connectivity index (χ4v) is 3.71. The van der Waals surface area contributed by atoms with Gasteiger partial charge in [-0.3, -0.25) is 14.2 Å². The second-order valence-electron chi connectivity index (χ2n) is 7.63. The number of hydrogen-bond acceptors (Lipinski definition) is 5. The number of aryl methyl sites for hydroxylation is 2. The highest BCUT2D eigenvalue weighted by molar-refractivity contribution is 5.93. The number of anilines is 1. The number of nitrogens with one attached hydrogen (secondary N) is 2. The van der Waals surface area contributed by atoms with Crippen molar-refractivity contribution in [3.05, 3.63) is 75.4 Å². The summed E-state index contributed by atoms with van der Waals surface area (Å²) in [6.45, 7) is -0.450. The molecule has 0 fully saturated rings. The first-order valence-corrected chi connectivity index (χ1v) is 9.98. The largest absolute Gasteiger partial charge is 0.338 e. The summed E-state index contributed by atoms with van der Waals surface area (Å²) in [6.07, 6.45) is 1.44. The number of nitrogens with zero attached hydrogens (tertiary/aromatic N) is 5. The molecule has 2 aromatic carbocycles. The Bertz CT molecular complexity index is 1660. The molecule has 5 aromatic rings. The zero-order valence-corrected chi connectivity index (χ0v) is 17.7. The van der Waals surface area contributed by atoms with E-state index in [1.807, 2.05) is 0 Å². The number of carbonyl (C=O) groups excluding carboxylic acids is 1. The van der Waals surface area contributed by atoms with Gasteiger partial charge in [-0.1, -0.05) is 0 Å². The van der Waals surface area contributed by atoms with E-state index < -0.39 is 23.7 Å². The van der Waals surface area contributed by atoms with Gasteiger partial charge in [-0.05, 0) is 42.5 Å². The predicted molar refractivity (Wildman–Crippen MR) is 120 cm³/mol. The van der Waals surface area contributed by atoms with Crippen molar-refractivity contribution in [3.63, 3.8) is 0 Å². The number of rotatable bonds is 4. The lowest BCUT2D eigenvalue weighted by Crippen LogP contribution is -2.42. The lowest BCUT2D eigenvalue weighted by molar-refractivity contribution is -0.116. The molecule has 5 rings (SSSR count). The van der Waals surface area contributed by atoms with Gasteiger partial charge in [0.25, 0.3) is 5.56 Å². The van der Waals surface area contributed by atoms with Crippen LogP contribution in [0.3, 0.4) is 0 Å². The average Bonchev–Trinajstić information content (AvgIpc) is 3.39. The molecule has 0 radical (unpaired) electrons. The lowest BCUT2D eigenvalue weighted by Gasteiger charge is -2.09. The van der Waals surface area contributed by atoms with Crippen molar-refractivity contribution in [2.45, 2.75) is 6.54 Å². The molecule has 1 amide bonds. The molecule has 11 heteroatoms. The van der Waals surface area contributed by atoms with E-state index in [0.717, 1.165) is 10.1 Å². The van der Waals surface area contributed by atoms with E-state index in [2.05, 4.69) is 20.3 Å². The first-order valence-electron chi connectivity index (χ1n) is 9.98. The number of amides is 1. The molecule has 3 aromatic heterocycles. The molecule has 2 N–H and O–H groups in total. The topological polar surface area (TPSA) is 120 Å². The van der Waals surface area contributed by atoms with Gasteiger partial charge in [0.15, 0.2) is 11.2 Å². The SMILES string of the molecule is Cn1cnc2c1c(=O)n(CC(=O)Nc1ccc3nc(-c4ccc(F)cc4)[nH]c3c1)c(=O)n2C. The molecule has 0 bridgehead atoms. The van der Waals surface area contributed by atoms with Crippen molar-refractivity contribution >= 4 is 33.8 Å². The third kappa shape index (κ3) is 3.49. The molecule has 0 saturated heterocycles. The van der Waals surface area contributed by atoms with Crippen molar-refractivity contribution in [1.82, 2.24) is 28.7 Å². The molecule has 0 aliphatic heterocycles. The van der Waals surface area contributed by atoms with Crippen LogP contribution in [-0.2, 0) is 25.4 Å². The van der Waals surface area contributed by atoms with Gasteiger partial charge in [-0.25, -0.2) is 23.7 Å². The maximum atomic E-state index is 13.2. The van der Waals surface area contributed by atoms with Gasteiger partial charge in [0.05, 0.1) is 17.4 Å². The zero-order valence-electron chi connectivity index (χ0n) is 17.7. The normalized spacial score (nSPS) is 11.4. The summed E-state index contributed by atoms with van der Waals surface area (Å²) < 4.78 is 16.8. The Kier molecular flexibility index (Phi) is 4.66. The van der Waals surface area contributed by atoms with Crippen molar-refractivity contribution in [3.8, 4) is 11.4 Å². The fraction of sp³-hybridized carbons (Fsp3) is 0.136. The summed E-state index contributed by atoms with van der Waals surface area (Å²) in [5.41, 5.74) is 1.79. The van der Waals surface area contributed by atoms with E-state index in [-0.39, 0.29) is 17.0 Å². The van der Waals surface area contributed by atoms with Crippen LogP contribution in [0.15, 0.2) is 58.4 Å². The molecule has 0 saturated carbocycles. The van der Waals surface area contributed by atoms with Crippen molar-refractivity contribution < 1.29 is 9.18 Å². The van der Waals surface area contributed by atoms with Crippen LogP contribution in [0.25, 0.3) is 33.6 Å². The van der Waals surface area contributed by atoms with Crippen LogP contribution in [0, 0.1) is 5.82 Å². The number of hydrogen-bond donors (Lipinski definition) is 2. The minimum Gasteiger partial charge on any atom is -0.338 e. The Morgan fingerprint density at radius 1 is 1.12 bits per heavy atom. The molecule has 33 heavy (non-hydrogen) atoms. The Labute approximate surface area is 184 Å². The predicted octanol–water partition coefficient (Wildman–Crippen LogP) is 1.75. The van der Waals surface area contributed by atoms with Crippen LogP contribution in [0.4, 0.5) is 10.1 Å². The Hall–Kier alpha value is -4.54. The highest BCUT2D eigenvalue weighted by Gasteiger charge is 2.17. The zero-order chi connectivity index (χ0) is 23.3. The Balaban J connectivity index is 1.42. The molecule has 0 atom stereocenters. The smallest absolute Gasteiger partial charge is 0.332 e. The molecule has 0 spiro atoms. The van der Waals surface area contributed by atoms with Crippen LogP contribution in [0.2, 0.25) is 0 Å². The molecule has 10 nitrogen and oxygen atoms in total. The number of H-pyrrole nitrogens is 1. The third-order valence-corrected chi connectivity index (χ3v) is 5.39. The summed E-state index contributed by atoms with van der Waals surface area (Å²) in [7, 11) is 3.14. The molecular weight excluding hydrogens is 429 g/mol. The summed E-state index contributed by atoms with van der Waals surface area (Å²) in [5, 5.41) is 2.70. The van der Waals surface area contributed by atoms with Gasteiger partial charge in [-0.2, -0.15) is 0 Å². The fourth-order valence-electron chi connectivity index (χ4n) is 3.71. The number of imidazole rings is 2. The Morgan fingerprint density at radius 3 is 2.64 bits per heavy atom. The third-order valence-electron chi connectivity index (χ3n) is 5.39. The van der Waals surface area contributed by atoms with E-state index in [1.165, 1.54) is 34.6 Å². The second kappa shape index (κ2) is 7.55. The number of aromatic amines is 1. The average molecular weight is 447 g/mol. The van der Waals surface area contributed by atoms with Gasteiger partial charge in [0, 0.05) is 25.3 Å². The second-order valence-corrected chi connectivity index (χ2v) is 7.63. The molecule has 0 aliphatic rings. The molecule has 166 valence electrons. The monoisotopic (exact) mass is 447 g/mol. The van der Waals surface area contributed by atoms with Crippen LogP contribution in [-0.4, -0.2) is 34.6 Å². The van der Waals surface area contributed by atoms with Crippen LogP contribution in [0.1, 0.15) is 0 Å². The van der Waals surface area contributed by atoms with Crippen LogP contribution < -0.4 is 16.6 Å².